The number of anilines is 1. The Balaban J connectivity index is 2.42. The molecule has 4 nitrogen and oxygen atoms in total. The van der Waals surface area contributed by atoms with Crippen LogP contribution in [0.15, 0.2) is 6.20 Å². The smallest absolute Gasteiger partial charge is 0.170 e. The zero-order valence-corrected chi connectivity index (χ0v) is 9.53. The largest absolute Gasteiger partial charge is 0.359 e. The van der Waals surface area contributed by atoms with Gasteiger partial charge < -0.3 is 4.90 Å². The van der Waals surface area contributed by atoms with E-state index in [-0.39, 0.29) is 11.7 Å². The lowest BCUT2D eigenvalue weighted by atomic mass is 10.0. The first-order chi connectivity index (χ1) is 7.11. The average Bonchev–Trinajstić information content (AvgIpc) is 2.61. The van der Waals surface area contributed by atoms with Crippen LogP contribution in [0.4, 0.5) is 5.82 Å². The highest BCUT2D eigenvalue weighted by atomic mass is 16.1. The molecule has 2 heterocycles. The Morgan fingerprint density at radius 3 is 2.87 bits per heavy atom. The van der Waals surface area contributed by atoms with Crippen LogP contribution in [-0.4, -0.2) is 29.2 Å². The number of aryl methyl sites for hydroxylation is 1. The van der Waals surface area contributed by atoms with Gasteiger partial charge in [-0.05, 0) is 6.42 Å². The average molecular weight is 207 g/mol. The normalized spacial score (nSPS) is 15.6. The fourth-order valence-corrected chi connectivity index (χ4v) is 1.99. The Bertz CT molecular complexity index is 381. The molecule has 0 radical (unpaired) electrons. The van der Waals surface area contributed by atoms with Crippen molar-refractivity contribution in [2.45, 2.75) is 26.8 Å². The minimum absolute atomic E-state index is 0.0363. The molecule has 1 aliphatic heterocycles. The molecule has 0 bridgehead atoms. The Morgan fingerprint density at radius 2 is 2.20 bits per heavy atom. The van der Waals surface area contributed by atoms with Gasteiger partial charge in [-0.1, -0.05) is 13.8 Å². The number of aromatic nitrogens is 2. The summed E-state index contributed by atoms with van der Waals surface area (Å²) in [5, 5.41) is 4.26. The molecule has 0 amide bonds. The number of rotatable bonds is 2. The highest BCUT2D eigenvalue weighted by Gasteiger charge is 2.24. The van der Waals surface area contributed by atoms with E-state index in [0.29, 0.717) is 0 Å². The lowest BCUT2D eigenvalue weighted by molar-refractivity contribution is 0.0939. The van der Waals surface area contributed by atoms with E-state index in [1.807, 2.05) is 25.6 Å². The second-order valence-corrected chi connectivity index (χ2v) is 4.40. The summed E-state index contributed by atoms with van der Waals surface area (Å²) in [4.78, 5) is 14.1. The molecule has 2 rings (SSSR count). The number of Topliss-reactive ketones (excluding diaryl/α,β-unsaturated/α-hetero) is 1. The lowest BCUT2D eigenvalue weighted by Gasteiger charge is -2.26. The maximum atomic E-state index is 11.9. The van der Waals surface area contributed by atoms with E-state index in [4.69, 9.17) is 0 Å². The van der Waals surface area contributed by atoms with Gasteiger partial charge in [0, 0.05) is 26.1 Å². The third-order valence-corrected chi connectivity index (χ3v) is 2.83. The van der Waals surface area contributed by atoms with Gasteiger partial charge in [0.1, 0.15) is 5.82 Å². The van der Waals surface area contributed by atoms with Crippen molar-refractivity contribution in [3.05, 3.63) is 11.8 Å². The summed E-state index contributed by atoms with van der Waals surface area (Å²) < 4.78 is 1.93. The van der Waals surface area contributed by atoms with Crippen molar-refractivity contribution in [3.8, 4) is 0 Å². The van der Waals surface area contributed by atoms with Crippen LogP contribution in [0.1, 0.15) is 30.6 Å². The molecular formula is C11H17N3O. The lowest BCUT2D eigenvalue weighted by Crippen LogP contribution is -2.30. The number of carbonyl (C=O) groups is 1. The van der Waals surface area contributed by atoms with Gasteiger partial charge in [0.05, 0.1) is 11.8 Å². The van der Waals surface area contributed by atoms with Crippen LogP contribution in [0.2, 0.25) is 0 Å². The molecule has 0 unspecified atom stereocenters. The number of fused-ring (bicyclic) bond motifs is 1. The molecule has 1 aromatic heterocycles. The topological polar surface area (TPSA) is 38.1 Å². The van der Waals surface area contributed by atoms with Gasteiger partial charge in [0.25, 0.3) is 0 Å². The van der Waals surface area contributed by atoms with E-state index in [1.54, 1.807) is 6.20 Å². The summed E-state index contributed by atoms with van der Waals surface area (Å²) in [5.74, 6) is 1.21. The predicted octanol–water partition coefficient (Wildman–Crippen LogP) is 1.56. The highest BCUT2D eigenvalue weighted by molar-refractivity contribution is 6.01. The van der Waals surface area contributed by atoms with E-state index >= 15 is 0 Å². The van der Waals surface area contributed by atoms with Crippen LogP contribution in [-0.2, 0) is 6.54 Å². The second-order valence-electron chi connectivity index (χ2n) is 4.40. The Kier molecular flexibility index (Phi) is 2.50. The monoisotopic (exact) mass is 207 g/mol. The number of ketones is 1. The number of hydrogen-bond donors (Lipinski definition) is 0. The van der Waals surface area contributed by atoms with Crippen molar-refractivity contribution in [1.82, 2.24) is 9.78 Å². The Hall–Kier alpha value is -1.32. The van der Waals surface area contributed by atoms with Crippen LogP contribution in [0.3, 0.4) is 0 Å². The van der Waals surface area contributed by atoms with Gasteiger partial charge in [-0.15, -0.1) is 0 Å². The molecule has 0 atom stereocenters. The van der Waals surface area contributed by atoms with Gasteiger partial charge in [-0.25, -0.2) is 4.68 Å². The molecule has 0 aliphatic carbocycles. The summed E-state index contributed by atoms with van der Waals surface area (Å²) in [6.07, 6.45) is 2.81. The van der Waals surface area contributed by atoms with E-state index in [9.17, 15) is 4.79 Å². The van der Waals surface area contributed by atoms with Gasteiger partial charge in [0.2, 0.25) is 0 Å². The number of nitrogens with zero attached hydrogens (tertiary/aromatic N) is 3. The third kappa shape index (κ3) is 1.64. The van der Waals surface area contributed by atoms with Crippen LogP contribution in [0.25, 0.3) is 0 Å². The quantitative estimate of drug-likeness (QED) is 0.691. The highest BCUT2D eigenvalue weighted by Crippen LogP contribution is 2.25. The summed E-state index contributed by atoms with van der Waals surface area (Å²) in [6, 6.07) is 0. The molecule has 0 N–H and O–H groups in total. The summed E-state index contributed by atoms with van der Waals surface area (Å²) in [5.41, 5.74) is 0.771. The Labute approximate surface area is 89.9 Å². The SMILES string of the molecule is CC(C)C(=O)c1cnn2c1N(C)CCC2. The molecule has 1 aromatic rings. The molecule has 1 aliphatic rings. The van der Waals surface area contributed by atoms with Gasteiger partial charge in [-0.2, -0.15) is 5.10 Å². The molecule has 4 heteroatoms. The van der Waals surface area contributed by atoms with E-state index in [1.165, 1.54) is 0 Å². The maximum absolute atomic E-state index is 11.9. The summed E-state index contributed by atoms with van der Waals surface area (Å²) in [7, 11) is 2.02. The molecule has 0 spiro atoms. The zero-order valence-electron chi connectivity index (χ0n) is 9.53. The molecule has 0 saturated heterocycles. The van der Waals surface area contributed by atoms with Crippen molar-refractivity contribution in [3.63, 3.8) is 0 Å². The molecular weight excluding hydrogens is 190 g/mol. The zero-order chi connectivity index (χ0) is 11.0. The minimum Gasteiger partial charge on any atom is -0.359 e. The fraction of sp³-hybridized carbons (Fsp3) is 0.636. The molecule has 0 saturated carbocycles. The molecule has 15 heavy (non-hydrogen) atoms. The molecule has 0 aromatic carbocycles. The van der Waals surface area contributed by atoms with Crippen molar-refractivity contribution >= 4 is 11.6 Å². The number of carbonyl (C=O) groups excluding carboxylic acids is 1. The Morgan fingerprint density at radius 1 is 1.47 bits per heavy atom. The van der Waals surface area contributed by atoms with Crippen molar-refractivity contribution in [1.29, 1.82) is 0 Å². The fourth-order valence-electron chi connectivity index (χ4n) is 1.99. The first-order valence-corrected chi connectivity index (χ1v) is 5.42. The summed E-state index contributed by atoms with van der Waals surface area (Å²) in [6.45, 7) is 5.78. The molecule has 82 valence electrons. The first-order valence-electron chi connectivity index (χ1n) is 5.42. The van der Waals surface area contributed by atoms with E-state index in [0.717, 1.165) is 30.9 Å². The third-order valence-electron chi connectivity index (χ3n) is 2.83. The van der Waals surface area contributed by atoms with E-state index in [2.05, 4.69) is 10.00 Å². The standard InChI is InChI=1S/C11H17N3O/c1-8(2)10(15)9-7-12-14-6-4-5-13(3)11(9)14/h7-8H,4-6H2,1-3H3. The summed E-state index contributed by atoms with van der Waals surface area (Å²) >= 11 is 0. The van der Waals surface area contributed by atoms with Crippen LogP contribution < -0.4 is 4.90 Å². The van der Waals surface area contributed by atoms with Gasteiger partial charge >= 0.3 is 0 Å². The van der Waals surface area contributed by atoms with Crippen molar-refractivity contribution < 1.29 is 4.79 Å². The predicted molar refractivity (Wildman–Crippen MR) is 59.3 cm³/mol. The molecule has 0 fully saturated rings. The van der Waals surface area contributed by atoms with E-state index < -0.39 is 0 Å². The van der Waals surface area contributed by atoms with Crippen molar-refractivity contribution in [2.75, 3.05) is 18.5 Å². The second kappa shape index (κ2) is 3.68. The van der Waals surface area contributed by atoms with Crippen molar-refractivity contribution in [2.24, 2.45) is 5.92 Å². The van der Waals surface area contributed by atoms with Crippen LogP contribution in [0, 0.1) is 5.92 Å². The van der Waals surface area contributed by atoms with Crippen LogP contribution >= 0.6 is 0 Å². The minimum atomic E-state index is 0.0363. The van der Waals surface area contributed by atoms with Gasteiger partial charge in [-0.3, -0.25) is 4.79 Å². The van der Waals surface area contributed by atoms with Crippen LogP contribution in [0.5, 0.6) is 0 Å². The maximum Gasteiger partial charge on any atom is 0.170 e. The first kappa shape index (κ1) is 10.2. The number of hydrogen-bond acceptors (Lipinski definition) is 3. The van der Waals surface area contributed by atoms with Gasteiger partial charge in [0.15, 0.2) is 5.78 Å².